The molecule has 0 aromatic carbocycles. The van der Waals surface area contributed by atoms with Gasteiger partial charge in [-0.1, -0.05) is 0 Å². The Morgan fingerprint density at radius 1 is 1.60 bits per heavy atom. The van der Waals surface area contributed by atoms with Gasteiger partial charge in [-0.25, -0.2) is 0 Å². The average Bonchev–Trinajstić information content (AvgIpc) is 2.12. The van der Waals surface area contributed by atoms with Gasteiger partial charge in [0, 0.05) is 28.9 Å². The monoisotopic (exact) mass is 235 g/mol. The van der Waals surface area contributed by atoms with Crippen LogP contribution >= 0.6 is 0 Å². The number of nitrogens with zero attached hydrogens (tertiary/aromatic N) is 1. The summed E-state index contributed by atoms with van der Waals surface area (Å²) >= 11 is 0. The largest absolute Gasteiger partial charge is 0.480 e. The Hall–Kier alpha value is -0.950. The van der Waals surface area contributed by atoms with Gasteiger partial charge < -0.3 is 16.6 Å². The lowest BCUT2D eigenvalue weighted by molar-refractivity contribution is -0.137. The Balaban J connectivity index is 3.67. The molecular weight excluding hydrogens is 218 g/mol. The molecule has 0 aromatic rings. The Kier molecular flexibility index (Phi) is 6.89. The SMILES string of the molecule is CC(N)=NCCCS(=O)CC(N)C(=O)O. The second-order valence-corrected chi connectivity index (χ2v) is 4.75. The molecule has 0 fully saturated rings. The minimum absolute atomic E-state index is 0.0132. The molecule has 2 atom stereocenters. The molecule has 5 N–H and O–H groups in total. The number of hydrogen-bond acceptors (Lipinski definition) is 4. The molecule has 0 aliphatic heterocycles. The van der Waals surface area contributed by atoms with E-state index in [0.717, 1.165) is 0 Å². The number of carboxylic acid groups (broad SMARTS) is 1. The molecule has 0 aliphatic carbocycles. The van der Waals surface area contributed by atoms with Crippen LogP contribution in [0, 0.1) is 0 Å². The summed E-state index contributed by atoms with van der Waals surface area (Å²) in [7, 11) is -1.20. The minimum Gasteiger partial charge on any atom is -0.480 e. The third-order valence-electron chi connectivity index (χ3n) is 1.57. The van der Waals surface area contributed by atoms with E-state index in [1.807, 2.05) is 0 Å². The highest BCUT2D eigenvalue weighted by Gasteiger charge is 2.14. The fourth-order valence-electron chi connectivity index (χ4n) is 0.836. The summed E-state index contributed by atoms with van der Waals surface area (Å²) in [5.41, 5.74) is 10.5. The van der Waals surface area contributed by atoms with Gasteiger partial charge in [0.1, 0.15) is 6.04 Å². The molecular formula is C8H17N3O3S. The van der Waals surface area contributed by atoms with Crippen molar-refractivity contribution in [1.82, 2.24) is 0 Å². The summed E-state index contributed by atoms with van der Waals surface area (Å²) in [6, 6.07) is -1.05. The lowest BCUT2D eigenvalue weighted by Gasteiger charge is -2.05. The van der Waals surface area contributed by atoms with E-state index in [1.54, 1.807) is 6.92 Å². The summed E-state index contributed by atoms with van der Waals surface area (Å²) in [4.78, 5) is 14.3. The normalized spacial score (nSPS) is 16.0. The molecule has 2 unspecified atom stereocenters. The fourth-order valence-corrected chi connectivity index (χ4v) is 2.00. The third-order valence-corrected chi connectivity index (χ3v) is 3.05. The van der Waals surface area contributed by atoms with Crippen molar-refractivity contribution in [2.24, 2.45) is 16.5 Å². The van der Waals surface area contributed by atoms with Gasteiger partial charge in [-0.05, 0) is 13.3 Å². The van der Waals surface area contributed by atoms with E-state index in [1.165, 1.54) is 0 Å². The highest BCUT2D eigenvalue weighted by molar-refractivity contribution is 7.85. The van der Waals surface area contributed by atoms with Crippen molar-refractivity contribution >= 4 is 22.6 Å². The zero-order chi connectivity index (χ0) is 11.8. The van der Waals surface area contributed by atoms with Crippen LogP contribution in [0.25, 0.3) is 0 Å². The molecule has 7 heteroatoms. The van der Waals surface area contributed by atoms with Gasteiger partial charge in [0.05, 0.1) is 5.84 Å². The van der Waals surface area contributed by atoms with Crippen LogP contribution in [0.2, 0.25) is 0 Å². The number of rotatable bonds is 7. The summed E-state index contributed by atoms with van der Waals surface area (Å²) in [5, 5.41) is 8.48. The molecule has 6 nitrogen and oxygen atoms in total. The molecule has 88 valence electrons. The van der Waals surface area contributed by atoms with Gasteiger partial charge in [0.15, 0.2) is 0 Å². The molecule has 0 rings (SSSR count). The van der Waals surface area contributed by atoms with Crippen LogP contribution in [0.3, 0.4) is 0 Å². The Bertz CT molecular complexity index is 264. The molecule has 0 radical (unpaired) electrons. The highest BCUT2D eigenvalue weighted by atomic mass is 32.2. The van der Waals surface area contributed by atoms with E-state index in [4.69, 9.17) is 16.6 Å². The van der Waals surface area contributed by atoms with Crippen molar-refractivity contribution < 1.29 is 14.1 Å². The molecule has 0 bridgehead atoms. The van der Waals surface area contributed by atoms with Crippen molar-refractivity contribution in [2.75, 3.05) is 18.1 Å². The number of carboxylic acids is 1. The quantitative estimate of drug-likeness (QED) is 0.294. The zero-order valence-corrected chi connectivity index (χ0v) is 9.50. The molecule has 0 spiro atoms. The van der Waals surface area contributed by atoms with Crippen LogP contribution in [0.1, 0.15) is 13.3 Å². The van der Waals surface area contributed by atoms with Crippen LogP contribution in [0.15, 0.2) is 4.99 Å². The van der Waals surface area contributed by atoms with Gasteiger partial charge in [0.2, 0.25) is 0 Å². The number of amidine groups is 1. The topological polar surface area (TPSA) is 119 Å². The van der Waals surface area contributed by atoms with Gasteiger partial charge in [0.25, 0.3) is 0 Å². The van der Waals surface area contributed by atoms with Crippen molar-refractivity contribution in [3.8, 4) is 0 Å². The lowest BCUT2D eigenvalue weighted by atomic mass is 10.4. The van der Waals surface area contributed by atoms with Gasteiger partial charge in [-0.15, -0.1) is 0 Å². The molecule has 0 heterocycles. The second-order valence-electron chi connectivity index (χ2n) is 3.13. The molecule has 0 saturated heterocycles. The van der Waals surface area contributed by atoms with Crippen molar-refractivity contribution in [1.29, 1.82) is 0 Å². The first kappa shape index (κ1) is 14.1. The summed E-state index contributed by atoms with van der Waals surface area (Å²) in [5.74, 6) is -0.250. The van der Waals surface area contributed by atoms with E-state index < -0.39 is 22.8 Å². The maximum absolute atomic E-state index is 11.3. The van der Waals surface area contributed by atoms with Crippen LogP contribution in [-0.2, 0) is 15.6 Å². The number of aliphatic imine (C=N–C) groups is 1. The average molecular weight is 235 g/mol. The predicted octanol–water partition coefficient (Wildman–Crippen LogP) is -1.09. The summed E-state index contributed by atoms with van der Waals surface area (Å²) < 4.78 is 11.3. The molecule has 0 aromatic heterocycles. The van der Waals surface area contributed by atoms with E-state index in [2.05, 4.69) is 4.99 Å². The zero-order valence-electron chi connectivity index (χ0n) is 8.68. The molecule has 0 saturated carbocycles. The Morgan fingerprint density at radius 3 is 2.67 bits per heavy atom. The van der Waals surface area contributed by atoms with Gasteiger partial charge in [-0.2, -0.15) is 0 Å². The standard InChI is InChI=1S/C8H17N3O3S/c1-6(9)11-3-2-4-15(14)5-7(10)8(12)13/h7H,2-5,10H2,1H3,(H2,9,11)(H,12,13). The van der Waals surface area contributed by atoms with E-state index in [9.17, 15) is 9.00 Å². The van der Waals surface area contributed by atoms with E-state index in [-0.39, 0.29) is 5.75 Å². The number of aliphatic carboxylic acids is 1. The molecule has 0 aliphatic rings. The minimum atomic E-state index is -1.20. The predicted molar refractivity (Wildman–Crippen MR) is 60.3 cm³/mol. The number of hydrogen-bond donors (Lipinski definition) is 3. The fraction of sp³-hybridized carbons (Fsp3) is 0.750. The van der Waals surface area contributed by atoms with Crippen LogP contribution in [0.5, 0.6) is 0 Å². The smallest absolute Gasteiger partial charge is 0.321 e. The number of nitrogens with two attached hydrogens (primary N) is 2. The third kappa shape index (κ3) is 8.07. The summed E-state index contributed by atoms with van der Waals surface area (Å²) in [6.07, 6.45) is 0.619. The maximum atomic E-state index is 11.3. The molecule has 0 amide bonds. The Labute approximate surface area is 91.2 Å². The Morgan fingerprint density at radius 2 is 2.20 bits per heavy atom. The second kappa shape index (κ2) is 7.36. The first-order valence-corrected chi connectivity index (χ1v) is 6.02. The van der Waals surface area contributed by atoms with Gasteiger partial charge in [-0.3, -0.25) is 14.0 Å². The lowest BCUT2D eigenvalue weighted by Crippen LogP contribution is -2.36. The molecule has 15 heavy (non-hydrogen) atoms. The first-order chi connectivity index (χ1) is 6.93. The van der Waals surface area contributed by atoms with E-state index in [0.29, 0.717) is 24.6 Å². The number of carbonyl (C=O) groups is 1. The van der Waals surface area contributed by atoms with Crippen LogP contribution < -0.4 is 11.5 Å². The van der Waals surface area contributed by atoms with Crippen molar-refractivity contribution in [3.05, 3.63) is 0 Å². The summed E-state index contributed by atoms with van der Waals surface area (Å²) in [6.45, 7) is 2.19. The van der Waals surface area contributed by atoms with E-state index >= 15 is 0 Å². The maximum Gasteiger partial charge on any atom is 0.321 e. The van der Waals surface area contributed by atoms with Crippen LogP contribution in [0.4, 0.5) is 0 Å². The van der Waals surface area contributed by atoms with Crippen molar-refractivity contribution in [2.45, 2.75) is 19.4 Å². The first-order valence-electron chi connectivity index (χ1n) is 4.53. The van der Waals surface area contributed by atoms with Crippen molar-refractivity contribution in [3.63, 3.8) is 0 Å². The van der Waals surface area contributed by atoms with Crippen LogP contribution in [-0.4, -0.2) is 45.2 Å². The highest BCUT2D eigenvalue weighted by Crippen LogP contribution is 1.92. The van der Waals surface area contributed by atoms with Gasteiger partial charge >= 0.3 is 5.97 Å².